The summed E-state index contributed by atoms with van der Waals surface area (Å²) in [6.07, 6.45) is 0. The fraction of sp³-hybridized carbons (Fsp3) is 0. The molecule has 0 N–H and O–H groups in total. The second-order valence-corrected chi connectivity index (χ2v) is 13.7. The Balaban J connectivity index is 1.25. The topological polar surface area (TPSA) is 30.7 Å². The summed E-state index contributed by atoms with van der Waals surface area (Å²) in [4.78, 5) is 10.5. The fourth-order valence-electron chi connectivity index (χ4n) is 7.28. The Bertz CT molecular complexity index is 2800. The lowest BCUT2D eigenvalue weighted by atomic mass is 9.99. The first-order chi connectivity index (χ1) is 24.8. The first-order valence-electron chi connectivity index (χ1n) is 16.8. The standard InChI is InChI=1S/C46H29N3S/c1-4-13-30(14-5-1)39-29-40(31-15-6-2-7-16-31)48-46(47-39)36-20-12-21-42-45(36)38-28-32(23-25-41(38)49(42)34-17-8-3-9-18-34)33-24-26-44-37(27-33)35-19-10-11-22-43(35)50-44/h1-29H. The van der Waals surface area contributed by atoms with Gasteiger partial charge in [0.05, 0.1) is 22.4 Å². The lowest BCUT2D eigenvalue weighted by molar-refractivity contribution is 1.17. The molecule has 50 heavy (non-hydrogen) atoms. The number of thiophene rings is 1. The van der Waals surface area contributed by atoms with Gasteiger partial charge in [-0.25, -0.2) is 9.97 Å². The quantitative estimate of drug-likeness (QED) is 0.185. The van der Waals surface area contributed by atoms with Crippen LogP contribution in [-0.4, -0.2) is 14.5 Å². The van der Waals surface area contributed by atoms with Crippen LogP contribution in [0.4, 0.5) is 0 Å². The number of rotatable bonds is 5. The maximum absolute atomic E-state index is 5.26. The Labute approximate surface area is 293 Å². The van der Waals surface area contributed by atoms with Crippen LogP contribution in [0.5, 0.6) is 0 Å². The average Bonchev–Trinajstić information content (AvgIpc) is 3.74. The van der Waals surface area contributed by atoms with Crippen molar-refractivity contribution in [1.82, 2.24) is 14.5 Å². The summed E-state index contributed by atoms with van der Waals surface area (Å²) in [5, 5.41) is 4.92. The van der Waals surface area contributed by atoms with Crippen LogP contribution >= 0.6 is 11.3 Å². The maximum Gasteiger partial charge on any atom is 0.161 e. The molecule has 0 aliphatic rings. The molecular weight excluding hydrogens is 627 g/mol. The van der Waals surface area contributed by atoms with Crippen LogP contribution in [0, 0.1) is 0 Å². The van der Waals surface area contributed by atoms with E-state index in [9.17, 15) is 0 Å². The lowest BCUT2D eigenvalue weighted by Crippen LogP contribution is -1.97. The van der Waals surface area contributed by atoms with Gasteiger partial charge in [0.15, 0.2) is 5.82 Å². The summed E-state index contributed by atoms with van der Waals surface area (Å²) >= 11 is 1.85. The zero-order valence-electron chi connectivity index (χ0n) is 27.0. The average molecular weight is 656 g/mol. The van der Waals surface area contributed by atoms with Gasteiger partial charge in [-0.2, -0.15) is 0 Å². The van der Waals surface area contributed by atoms with Crippen molar-refractivity contribution in [3.63, 3.8) is 0 Å². The molecule has 3 aromatic heterocycles. The smallest absolute Gasteiger partial charge is 0.161 e. The molecule has 0 aliphatic heterocycles. The molecule has 3 nitrogen and oxygen atoms in total. The van der Waals surface area contributed by atoms with Gasteiger partial charge in [0.1, 0.15) is 0 Å². The second-order valence-electron chi connectivity index (χ2n) is 12.6. The normalized spacial score (nSPS) is 11.6. The van der Waals surface area contributed by atoms with Gasteiger partial charge in [-0.05, 0) is 65.7 Å². The molecule has 0 bridgehead atoms. The minimum atomic E-state index is 0.708. The van der Waals surface area contributed by atoms with Gasteiger partial charge < -0.3 is 4.57 Å². The zero-order valence-corrected chi connectivity index (χ0v) is 27.8. The SMILES string of the molecule is c1ccc(-c2cc(-c3ccccc3)nc(-c3cccc4c3c3cc(-c5ccc6sc7ccccc7c6c5)ccc3n4-c3ccccc3)n2)cc1. The van der Waals surface area contributed by atoms with Gasteiger partial charge in [-0.1, -0.05) is 121 Å². The van der Waals surface area contributed by atoms with E-state index < -0.39 is 0 Å². The summed E-state index contributed by atoms with van der Waals surface area (Å²) in [5.74, 6) is 0.708. The molecule has 0 atom stereocenters. The Hall–Kier alpha value is -6.36. The Morgan fingerprint density at radius 1 is 0.400 bits per heavy atom. The van der Waals surface area contributed by atoms with E-state index >= 15 is 0 Å². The summed E-state index contributed by atoms with van der Waals surface area (Å²) in [5.41, 5.74) is 10.7. The molecule has 0 saturated carbocycles. The minimum Gasteiger partial charge on any atom is -0.309 e. The van der Waals surface area contributed by atoms with E-state index in [1.165, 1.54) is 36.7 Å². The predicted octanol–water partition coefficient (Wildman–Crippen LogP) is 12.6. The highest BCUT2D eigenvalue weighted by molar-refractivity contribution is 7.25. The molecule has 0 fully saturated rings. The monoisotopic (exact) mass is 655 g/mol. The number of para-hydroxylation sites is 1. The molecule has 0 spiro atoms. The van der Waals surface area contributed by atoms with Crippen LogP contribution in [0.25, 0.3) is 92.7 Å². The highest BCUT2D eigenvalue weighted by Crippen LogP contribution is 2.42. The number of nitrogens with zero attached hydrogens (tertiary/aromatic N) is 3. The van der Waals surface area contributed by atoms with E-state index in [0.29, 0.717) is 5.82 Å². The highest BCUT2D eigenvalue weighted by Gasteiger charge is 2.20. The number of hydrogen-bond donors (Lipinski definition) is 0. The molecule has 0 unspecified atom stereocenters. The van der Waals surface area contributed by atoms with Gasteiger partial charge in [0.2, 0.25) is 0 Å². The molecule has 0 amide bonds. The van der Waals surface area contributed by atoms with E-state index in [2.05, 4.69) is 168 Å². The molecule has 0 saturated heterocycles. The first kappa shape index (κ1) is 28.6. The van der Waals surface area contributed by atoms with Crippen molar-refractivity contribution < 1.29 is 0 Å². The third-order valence-electron chi connectivity index (χ3n) is 9.62. The number of hydrogen-bond acceptors (Lipinski definition) is 3. The van der Waals surface area contributed by atoms with E-state index in [-0.39, 0.29) is 0 Å². The van der Waals surface area contributed by atoms with Crippen molar-refractivity contribution in [3.05, 3.63) is 176 Å². The lowest BCUT2D eigenvalue weighted by Gasteiger charge is -2.11. The molecule has 0 radical (unpaired) electrons. The Morgan fingerprint density at radius 2 is 1.00 bits per heavy atom. The van der Waals surface area contributed by atoms with Gasteiger partial charge in [-0.15, -0.1) is 11.3 Å². The van der Waals surface area contributed by atoms with E-state index in [0.717, 1.165) is 50.2 Å². The van der Waals surface area contributed by atoms with Gasteiger partial charge in [0.25, 0.3) is 0 Å². The molecule has 3 heterocycles. The van der Waals surface area contributed by atoms with Gasteiger partial charge in [-0.3, -0.25) is 0 Å². The highest BCUT2D eigenvalue weighted by atomic mass is 32.1. The van der Waals surface area contributed by atoms with Crippen LogP contribution in [-0.2, 0) is 0 Å². The van der Waals surface area contributed by atoms with Crippen molar-refractivity contribution in [1.29, 1.82) is 0 Å². The van der Waals surface area contributed by atoms with Crippen molar-refractivity contribution in [2.24, 2.45) is 0 Å². The minimum absolute atomic E-state index is 0.708. The Morgan fingerprint density at radius 3 is 1.72 bits per heavy atom. The van der Waals surface area contributed by atoms with Crippen molar-refractivity contribution >= 4 is 53.3 Å². The number of benzene rings is 7. The fourth-order valence-corrected chi connectivity index (χ4v) is 8.37. The molecular formula is C46H29N3S. The Kier molecular flexibility index (Phi) is 6.68. The third kappa shape index (κ3) is 4.73. The van der Waals surface area contributed by atoms with Crippen LogP contribution < -0.4 is 0 Å². The van der Waals surface area contributed by atoms with Crippen molar-refractivity contribution in [3.8, 4) is 50.7 Å². The van der Waals surface area contributed by atoms with Gasteiger partial charge >= 0.3 is 0 Å². The summed E-state index contributed by atoms with van der Waals surface area (Å²) in [7, 11) is 0. The van der Waals surface area contributed by atoms with Crippen LogP contribution in [0.2, 0.25) is 0 Å². The summed E-state index contributed by atoms with van der Waals surface area (Å²) in [6, 6.07) is 62.5. The predicted molar refractivity (Wildman–Crippen MR) is 211 cm³/mol. The molecule has 234 valence electrons. The van der Waals surface area contributed by atoms with E-state index in [1.54, 1.807) is 0 Å². The summed E-state index contributed by atoms with van der Waals surface area (Å²) < 4.78 is 4.99. The molecule has 10 aromatic rings. The van der Waals surface area contributed by atoms with Crippen LogP contribution in [0.3, 0.4) is 0 Å². The second kappa shape index (κ2) is 11.7. The molecule has 4 heteroatoms. The molecule has 7 aromatic carbocycles. The maximum atomic E-state index is 5.26. The first-order valence-corrected chi connectivity index (χ1v) is 17.6. The van der Waals surface area contributed by atoms with Crippen LogP contribution in [0.1, 0.15) is 0 Å². The van der Waals surface area contributed by atoms with Gasteiger partial charge in [0, 0.05) is 53.3 Å². The van der Waals surface area contributed by atoms with Crippen molar-refractivity contribution in [2.45, 2.75) is 0 Å². The summed E-state index contributed by atoms with van der Waals surface area (Å²) in [6.45, 7) is 0. The third-order valence-corrected chi connectivity index (χ3v) is 10.8. The molecule has 0 aliphatic carbocycles. The molecule has 10 rings (SSSR count). The van der Waals surface area contributed by atoms with E-state index in [1.807, 2.05) is 23.5 Å². The van der Waals surface area contributed by atoms with Crippen LogP contribution in [0.15, 0.2) is 176 Å². The number of fused-ring (bicyclic) bond motifs is 6. The number of aromatic nitrogens is 3. The van der Waals surface area contributed by atoms with Crippen molar-refractivity contribution in [2.75, 3.05) is 0 Å². The largest absolute Gasteiger partial charge is 0.309 e. The van der Waals surface area contributed by atoms with E-state index in [4.69, 9.17) is 9.97 Å². The zero-order chi connectivity index (χ0) is 33.0.